The molecule has 1 N–H and O–H groups in total. The summed E-state index contributed by atoms with van der Waals surface area (Å²) >= 11 is 0. The maximum absolute atomic E-state index is 12.1. The average Bonchev–Trinajstić information content (AvgIpc) is 2.27. The van der Waals surface area contributed by atoms with E-state index in [1.54, 1.807) is 4.90 Å². The lowest BCUT2D eigenvalue weighted by Gasteiger charge is -2.23. The first kappa shape index (κ1) is 18.6. The van der Waals surface area contributed by atoms with Crippen LogP contribution in [-0.2, 0) is 0 Å². The smallest absolute Gasteiger partial charge is 0.324 e. The van der Waals surface area contributed by atoms with Crippen molar-refractivity contribution >= 4 is 24.4 Å². The molecule has 6 nitrogen and oxygen atoms in total. The third-order valence-corrected chi connectivity index (χ3v) is 2.56. The van der Waals surface area contributed by atoms with Gasteiger partial charge in [-0.3, -0.25) is 4.90 Å². The third-order valence-electron chi connectivity index (χ3n) is 2.56. The van der Waals surface area contributed by atoms with Crippen molar-refractivity contribution in [2.45, 2.75) is 20.8 Å². The second-order valence-electron chi connectivity index (χ2n) is 4.74. The zero-order chi connectivity index (χ0) is 14.4. The molecular formula is C13H24ClN5O. The Kier molecular flexibility index (Phi) is 8.10. The van der Waals surface area contributed by atoms with Gasteiger partial charge in [0, 0.05) is 31.0 Å². The van der Waals surface area contributed by atoms with Crippen molar-refractivity contribution in [2.24, 2.45) is 0 Å². The highest BCUT2D eigenvalue weighted by molar-refractivity contribution is 5.90. The van der Waals surface area contributed by atoms with Gasteiger partial charge in [0.05, 0.1) is 0 Å². The standard InChI is InChI=1S/C13H23N5O.ClH/c1-6-14-13(19)18(8-7-17(4)5)12-15-10(2)9-11(3)16-12;/h9H,6-8H2,1-5H3,(H,14,19);1H. The molecule has 7 heteroatoms. The van der Waals surface area contributed by atoms with E-state index in [0.29, 0.717) is 19.0 Å². The van der Waals surface area contributed by atoms with Gasteiger partial charge in [0.15, 0.2) is 0 Å². The molecule has 0 saturated carbocycles. The lowest BCUT2D eigenvalue weighted by atomic mass is 10.3. The van der Waals surface area contributed by atoms with Crippen molar-refractivity contribution < 1.29 is 4.79 Å². The van der Waals surface area contributed by atoms with Crippen LogP contribution in [0.1, 0.15) is 18.3 Å². The minimum atomic E-state index is -0.158. The van der Waals surface area contributed by atoms with Crippen LogP contribution in [0.15, 0.2) is 6.07 Å². The number of hydrogen-bond acceptors (Lipinski definition) is 4. The Balaban J connectivity index is 0.00000361. The van der Waals surface area contributed by atoms with E-state index in [9.17, 15) is 4.79 Å². The number of rotatable bonds is 5. The molecule has 0 saturated heterocycles. The van der Waals surface area contributed by atoms with Crippen molar-refractivity contribution in [1.82, 2.24) is 20.2 Å². The highest BCUT2D eigenvalue weighted by Crippen LogP contribution is 2.10. The number of likely N-dealkylation sites (N-methyl/N-ethyl adjacent to an activating group) is 1. The van der Waals surface area contributed by atoms with Crippen LogP contribution in [-0.4, -0.2) is 54.6 Å². The molecule has 114 valence electrons. The predicted molar refractivity (Wildman–Crippen MR) is 83.7 cm³/mol. The van der Waals surface area contributed by atoms with Gasteiger partial charge in [0.25, 0.3) is 0 Å². The Bertz CT molecular complexity index is 419. The van der Waals surface area contributed by atoms with Gasteiger partial charge in [-0.2, -0.15) is 0 Å². The lowest BCUT2D eigenvalue weighted by molar-refractivity contribution is 0.245. The quantitative estimate of drug-likeness (QED) is 0.897. The first-order chi connectivity index (χ1) is 8.93. The molecule has 2 amide bonds. The molecular weight excluding hydrogens is 278 g/mol. The van der Waals surface area contributed by atoms with Gasteiger partial charge in [-0.05, 0) is 40.9 Å². The van der Waals surface area contributed by atoms with Gasteiger partial charge < -0.3 is 10.2 Å². The molecule has 0 spiro atoms. The highest BCUT2D eigenvalue weighted by Gasteiger charge is 2.18. The lowest BCUT2D eigenvalue weighted by Crippen LogP contribution is -2.44. The first-order valence-electron chi connectivity index (χ1n) is 6.46. The number of anilines is 1. The molecule has 20 heavy (non-hydrogen) atoms. The maximum atomic E-state index is 12.1. The summed E-state index contributed by atoms with van der Waals surface area (Å²) in [7, 11) is 3.94. The number of aromatic nitrogens is 2. The number of halogens is 1. The number of nitrogens with one attached hydrogen (secondary N) is 1. The molecule has 1 aromatic rings. The van der Waals surface area contributed by atoms with Crippen LogP contribution in [0.3, 0.4) is 0 Å². The molecule has 0 radical (unpaired) electrons. The summed E-state index contributed by atoms with van der Waals surface area (Å²) < 4.78 is 0. The summed E-state index contributed by atoms with van der Waals surface area (Å²) in [6, 6.07) is 1.74. The molecule has 0 aliphatic carbocycles. The Morgan fingerprint density at radius 3 is 2.20 bits per heavy atom. The summed E-state index contributed by atoms with van der Waals surface area (Å²) in [6.07, 6.45) is 0. The molecule has 0 unspecified atom stereocenters. The van der Waals surface area contributed by atoms with Crippen LogP contribution >= 0.6 is 12.4 Å². The fourth-order valence-corrected chi connectivity index (χ4v) is 1.67. The van der Waals surface area contributed by atoms with Crippen LogP contribution in [0, 0.1) is 13.8 Å². The minimum Gasteiger partial charge on any atom is -0.338 e. The number of nitrogens with zero attached hydrogens (tertiary/aromatic N) is 4. The normalized spacial score (nSPS) is 10.1. The zero-order valence-corrected chi connectivity index (χ0v) is 13.6. The topological polar surface area (TPSA) is 61.4 Å². The molecule has 0 aliphatic rings. The second kappa shape index (κ2) is 8.71. The van der Waals surface area contributed by atoms with Crippen LogP contribution in [0.4, 0.5) is 10.7 Å². The van der Waals surface area contributed by atoms with E-state index in [1.165, 1.54) is 0 Å². The predicted octanol–water partition coefficient (Wildman–Crippen LogP) is 1.61. The van der Waals surface area contributed by atoms with Crippen molar-refractivity contribution in [3.63, 3.8) is 0 Å². The zero-order valence-electron chi connectivity index (χ0n) is 12.8. The third kappa shape index (κ3) is 5.71. The van der Waals surface area contributed by atoms with Crippen molar-refractivity contribution in [1.29, 1.82) is 0 Å². The SMILES string of the molecule is CCNC(=O)N(CCN(C)C)c1nc(C)cc(C)n1.Cl. The number of aryl methyl sites for hydroxylation is 2. The Morgan fingerprint density at radius 2 is 1.75 bits per heavy atom. The number of amides is 2. The van der Waals surface area contributed by atoms with E-state index in [2.05, 4.69) is 15.3 Å². The van der Waals surface area contributed by atoms with E-state index in [1.807, 2.05) is 45.8 Å². The highest BCUT2D eigenvalue weighted by atomic mass is 35.5. The van der Waals surface area contributed by atoms with Gasteiger partial charge in [0.1, 0.15) is 0 Å². The maximum Gasteiger partial charge on any atom is 0.324 e. The summed E-state index contributed by atoms with van der Waals surface area (Å²) in [6.45, 7) is 7.60. The summed E-state index contributed by atoms with van der Waals surface area (Å²) in [4.78, 5) is 24.4. The molecule has 0 aliphatic heterocycles. The first-order valence-corrected chi connectivity index (χ1v) is 6.46. The van der Waals surface area contributed by atoms with Crippen molar-refractivity contribution in [3.8, 4) is 0 Å². The van der Waals surface area contributed by atoms with Gasteiger partial charge in [-0.1, -0.05) is 0 Å². The molecule has 0 aromatic carbocycles. The van der Waals surface area contributed by atoms with E-state index >= 15 is 0 Å². The number of hydrogen-bond donors (Lipinski definition) is 1. The van der Waals surface area contributed by atoms with Crippen LogP contribution in [0.5, 0.6) is 0 Å². The van der Waals surface area contributed by atoms with Crippen molar-refractivity contribution in [2.75, 3.05) is 38.6 Å². The number of urea groups is 1. The minimum absolute atomic E-state index is 0. The second-order valence-corrected chi connectivity index (χ2v) is 4.74. The Labute approximate surface area is 127 Å². The van der Waals surface area contributed by atoms with Crippen LogP contribution in [0.2, 0.25) is 0 Å². The van der Waals surface area contributed by atoms with Gasteiger partial charge in [-0.25, -0.2) is 14.8 Å². The van der Waals surface area contributed by atoms with E-state index < -0.39 is 0 Å². The largest absolute Gasteiger partial charge is 0.338 e. The average molecular weight is 302 g/mol. The number of carbonyl (C=O) groups is 1. The summed E-state index contributed by atoms with van der Waals surface area (Å²) in [5, 5.41) is 2.80. The van der Waals surface area contributed by atoms with E-state index in [0.717, 1.165) is 17.9 Å². The molecule has 0 fully saturated rings. The van der Waals surface area contributed by atoms with Crippen LogP contribution < -0.4 is 10.2 Å². The van der Waals surface area contributed by atoms with Crippen molar-refractivity contribution in [3.05, 3.63) is 17.5 Å². The Hall–Kier alpha value is -1.40. The fraction of sp³-hybridized carbons (Fsp3) is 0.615. The molecule has 0 atom stereocenters. The van der Waals surface area contributed by atoms with E-state index in [4.69, 9.17) is 0 Å². The van der Waals surface area contributed by atoms with Crippen LogP contribution in [0.25, 0.3) is 0 Å². The molecule has 0 bridgehead atoms. The molecule has 1 aromatic heterocycles. The van der Waals surface area contributed by atoms with Gasteiger partial charge in [0.2, 0.25) is 5.95 Å². The number of carbonyl (C=O) groups excluding carboxylic acids is 1. The molecule has 1 rings (SSSR count). The molecule has 1 heterocycles. The monoisotopic (exact) mass is 301 g/mol. The fourth-order valence-electron chi connectivity index (χ4n) is 1.67. The van der Waals surface area contributed by atoms with Gasteiger partial charge in [-0.15, -0.1) is 12.4 Å². The summed E-state index contributed by atoms with van der Waals surface area (Å²) in [5.74, 6) is 0.463. The van der Waals surface area contributed by atoms with Gasteiger partial charge >= 0.3 is 6.03 Å². The Morgan fingerprint density at radius 1 is 1.20 bits per heavy atom. The summed E-state index contributed by atoms with van der Waals surface area (Å²) in [5.41, 5.74) is 1.73. The van der Waals surface area contributed by atoms with E-state index in [-0.39, 0.29) is 18.4 Å².